The van der Waals surface area contributed by atoms with Crippen LogP contribution < -0.4 is 4.72 Å². The summed E-state index contributed by atoms with van der Waals surface area (Å²) in [6.07, 6.45) is -1.29. The van der Waals surface area contributed by atoms with Crippen molar-refractivity contribution in [3.63, 3.8) is 0 Å². The average molecular weight is 364 g/mol. The van der Waals surface area contributed by atoms with Gasteiger partial charge < -0.3 is 4.98 Å². The molecule has 0 aliphatic rings. The van der Waals surface area contributed by atoms with Gasteiger partial charge in [0.25, 0.3) is 6.43 Å². The number of alkyl halides is 2. The predicted octanol–water partition coefficient (Wildman–Crippen LogP) is 3.63. The molecule has 1 aromatic heterocycles. The summed E-state index contributed by atoms with van der Waals surface area (Å²) in [6, 6.07) is 11.9. The molecule has 2 aromatic carbocycles. The van der Waals surface area contributed by atoms with Gasteiger partial charge in [0.15, 0.2) is 0 Å². The SMILES string of the molecule is Cc1ccc(S(=O)(=O)NC(Cc2c[nH]c3ccccc23)C(F)F)cc1. The minimum absolute atomic E-state index is 0.0253. The van der Waals surface area contributed by atoms with Crippen molar-refractivity contribution in [1.29, 1.82) is 0 Å². The first-order valence-electron chi connectivity index (χ1n) is 7.79. The van der Waals surface area contributed by atoms with E-state index in [1.54, 1.807) is 18.3 Å². The van der Waals surface area contributed by atoms with Crippen LogP contribution in [0.5, 0.6) is 0 Å². The number of aromatic nitrogens is 1. The van der Waals surface area contributed by atoms with Crippen LogP contribution in [0.2, 0.25) is 0 Å². The van der Waals surface area contributed by atoms with E-state index in [9.17, 15) is 17.2 Å². The third-order valence-corrected chi connectivity index (χ3v) is 5.56. The van der Waals surface area contributed by atoms with Gasteiger partial charge in [0.1, 0.15) is 0 Å². The van der Waals surface area contributed by atoms with E-state index in [1.807, 2.05) is 31.2 Å². The molecule has 25 heavy (non-hydrogen) atoms. The normalized spacial score (nSPS) is 13.4. The molecule has 4 nitrogen and oxygen atoms in total. The lowest BCUT2D eigenvalue weighted by Gasteiger charge is -2.18. The molecular formula is C18H18F2N2O2S. The lowest BCUT2D eigenvalue weighted by Crippen LogP contribution is -2.41. The molecule has 0 fully saturated rings. The molecular weight excluding hydrogens is 346 g/mol. The molecule has 1 unspecified atom stereocenters. The van der Waals surface area contributed by atoms with Crippen molar-refractivity contribution in [2.45, 2.75) is 30.7 Å². The first-order chi connectivity index (χ1) is 11.9. The monoisotopic (exact) mass is 364 g/mol. The molecule has 0 radical (unpaired) electrons. The minimum Gasteiger partial charge on any atom is -0.361 e. The molecule has 3 rings (SSSR count). The van der Waals surface area contributed by atoms with Gasteiger partial charge in [-0.25, -0.2) is 21.9 Å². The summed E-state index contributed by atoms with van der Waals surface area (Å²) in [4.78, 5) is 2.99. The van der Waals surface area contributed by atoms with E-state index in [4.69, 9.17) is 0 Å². The first kappa shape index (κ1) is 17.6. The fourth-order valence-electron chi connectivity index (χ4n) is 2.70. The molecule has 0 amide bonds. The highest BCUT2D eigenvalue weighted by molar-refractivity contribution is 7.89. The van der Waals surface area contributed by atoms with Gasteiger partial charge >= 0.3 is 0 Å². The number of aromatic amines is 1. The van der Waals surface area contributed by atoms with Crippen LogP contribution in [-0.2, 0) is 16.4 Å². The molecule has 3 aromatic rings. The molecule has 0 aliphatic carbocycles. The zero-order valence-corrected chi connectivity index (χ0v) is 14.4. The molecule has 132 valence electrons. The van der Waals surface area contributed by atoms with E-state index in [2.05, 4.69) is 9.71 Å². The highest BCUT2D eigenvalue weighted by atomic mass is 32.2. The molecule has 0 aliphatic heterocycles. The lowest BCUT2D eigenvalue weighted by atomic mass is 10.1. The standard InChI is InChI=1S/C18H18F2N2O2S/c1-12-6-8-14(9-7-12)25(23,24)22-17(18(19)20)10-13-11-21-16-5-3-2-4-15(13)16/h2-9,11,17-18,21-22H,10H2,1H3. The number of H-pyrrole nitrogens is 1. The van der Waals surface area contributed by atoms with Crippen LogP contribution in [0, 0.1) is 6.92 Å². The first-order valence-corrected chi connectivity index (χ1v) is 9.27. The molecule has 0 saturated heterocycles. The number of sulfonamides is 1. The van der Waals surface area contributed by atoms with Crippen LogP contribution in [0.3, 0.4) is 0 Å². The zero-order valence-electron chi connectivity index (χ0n) is 13.5. The molecule has 2 N–H and O–H groups in total. The van der Waals surface area contributed by atoms with E-state index in [1.165, 1.54) is 12.1 Å². The highest BCUT2D eigenvalue weighted by Gasteiger charge is 2.28. The van der Waals surface area contributed by atoms with Gasteiger partial charge in [-0.05, 0) is 37.1 Å². The maximum Gasteiger partial charge on any atom is 0.255 e. The Morgan fingerprint density at radius 1 is 1.08 bits per heavy atom. The number of aryl methyl sites for hydroxylation is 1. The predicted molar refractivity (Wildman–Crippen MR) is 93.3 cm³/mol. The van der Waals surface area contributed by atoms with Crippen molar-refractivity contribution >= 4 is 20.9 Å². The quantitative estimate of drug-likeness (QED) is 0.702. The van der Waals surface area contributed by atoms with Crippen molar-refractivity contribution in [2.75, 3.05) is 0 Å². The maximum absolute atomic E-state index is 13.5. The second-order valence-electron chi connectivity index (χ2n) is 5.94. The average Bonchev–Trinajstić information content (AvgIpc) is 2.97. The summed E-state index contributed by atoms with van der Waals surface area (Å²) < 4.78 is 53.9. The van der Waals surface area contributed by atoms with Gasteiger partial charge in [-0.15, -0.1) is 0 Å². The number of benzene rings is 2. The lowest BCUT2D eigenvalue weighted by molar-refractivity contribution is 0.109. The largest absolute Gasteiger partial charge is 0.361 e. The van der Waals surface area contributed by atoms with E-state index >= 15 is 0 Å². The summed E-state index contributed by atoms with van der Waals surface area (Å²) >= 11 is 0. The van der Waals surface area contributed by atoms with Crippen LogP contribution >= 0.6 is 0 Å². The Hall–Kier alpha value is -2.25. The van der Waals surface area contributed by atoms with E-state index in [-0.39, 0.29) is 11.3 Å². The maximum atomic E-state index is 13.5. The Kier molecular flexibility index (Phi) is 4.87. The van der Waals surface area contributed by atoms with Gasteiger partial charge in [0, 0.05) is 17.1 Å². The molecule has 0 saturated carbocycles. The van der Waals surface area contributed by atoms with Gasteiger partial charge in [-0.2, -0.15) is 0 Å². The van der Waals surface area contributed by atoms with Crippen LogP contribution in [0.15, 0.2) is 59.6 Å². The third-order valence-electron chi connectivity index (χ3n) is 4.06. The number of fused-ring (bicyclic) bond motifs is 1. The number of nitrogens with one attached hydrogen (secondary N) is 2. The molecule has 1 atom stereocenters. The van der Waals surface area contributed by atoms with Gasteiger partial charge in [-0.3, -0.25) is 0 Å². The van der Waals surface area contributed by atoms with E-state index in [0.29, 0.717) is 5.56 Å². The fraction of sp³-hybridized carbons (Fsp3) is 0.222. The van der Waals surface area contributed by atoms with Gasteiger partial charge in [-0.1, -0.05) is 35.9 Å². The number of rotatable bonds is 6. The summed E-state index contributed by atoms with van der Waals surface area (Å²) in [5.41, 5.74) is 2.36. The Labute approximate surface area is 144 Å². The summed E-state index contributed by atoms with van der Waals surface area (Å²) in [5, 5.41) is 0.808. The fourth-order valence-corrected chi connectivity index (χ4v) is 3.92. The number of para-hydroxylation sites is 1. The summed E-state index contributed by atoms with van der Waals surface area (Å²) in [6.45, 7) is 1.82. The van der Waals surface area contributed by atoms with Crippen molar-refractivity contribution in [2.24, 2.45) is 0 Å². The summed E-state index contributed by atoms with van der Waals surface area (Å²) in [7, 11) is -4.02. The van der Waals surface area contributed by atoms with Crippen molar-refractivity contribution in [3.05, 3.63) is 65.9 Å². The second kappa shape index (κ2) is 6.93. The summed E-state index contributed by atoms with van der Waals surface area (Å²) in [5.74, 6) is 0. The Morgan fingerprint density at radius 3 is 2.44 bits per heavy atom. The molecule has 7 heteroatoms. The number of hydrogen-bond acceptors (Lipinski definition) is 2. The van der Waals surface area contributed by atoms with Gasteiger partial charge in [0.2, 0.25) is 10.0 Å². The zero-order chi connectivity index (χ0) is 18.0. The minimum atomic E-state index is -4.02. The van der Waals surface area contributed by atoms with E-state index in [0.717, 1.165) is 16.5 Å². The van der Waals surface area contributed by atoms with Gasteiger partial charge in [0.05, 0.1) is 10.9 Å². The third kappa shape index (κ3) is 3.88. The topological polar surface area (TPSA) is 62.0 Å². The van der Waals surface area contributed by atoms with Crippen LogP contribution in [-0.4, -0.2) is 25.9 Å². The number of hydrogen-bond donors (Lipinski definition) is 2. The second-order valence-corrected chi connectivity index (χ2v) is 7.65. The Bertz CT molecular complexity index is 966. The molecule has 0 bridgehead atoms. The Balaban J connectivity index is 1.85. The van der Waals surface area contributed by atoms with E-state index < -0.39 is 22.5 Å². The van der Waals surface area contributed by atoms with Crippen LogP contribution in [0.25, 0.3) is 10.9 Å². The van der Waals surface area contributed by atoms with Crippen molar-refractivity contribution in [1.82, 2.24) is 9.71 Å². The van der Waals surface area contributed by atoms with Crippen LogP contribution in [0.4, 0.5) is 8.78 Å². The molecule has 0 spiro atoms. The molecule has 1 heterocycles. The number of halogens is 2. The smallest absolute Gasteiger partial charge is 0.255 e. The Morgan fingerprint density at radius 2 is 1.76 bits per heavy atom. The van der Waals surface area contributed by atoms with Crippen molar-refractivity contribution in [3.8, 4) is 0 Å². The van der Waals surface area contributed by atoms with Crippen molar-refractivity contribution < 1.29 is 17.2 Å². The van der Waals surface area contributed by atoms with Crippen LogP contribution in [0.1, 0.15) is 11.1 Å². The highest BCUT2D eigenvalue weighted by Crippen LogP contribution is 2.22.